The molecule has 4 nitrogen and oxygen atoms in total. The molecule has 0 spiro atoms. The van der Waals surface area contributed by atoms with Crippen LogP contribution in [-0.2, 0) is 4.79 Å². The van der Waals surface area contributed by atoms with Crippen LogP contribution in [0.3, 0.4) is 0 Å². The highest BCUT2D eigenvalue weighted by Crippen LogP contribution is 2.37. The van der Waals surface area contributed by atoms with E-state index in [0.717, 1.165) is 24.3 Å². The number of carboxylic acids is 1. The Kier molecular flexibility index (Phi) is 3.53. The van der Waals surface area contributed by atoms with Crippen molar-refractivity contribution in [2.45, 2.75) is 26.2 Å². The van der Waals surface area contributed by atoms with Crippen molar-refractivity contribution in [3.63, 3.8) is 0 Å². The van der Waals surface area contributed by atoms with Gasteiger partial charge in [0.25, 0.3) is 0 Å². The molecule has 2 heterocycles. The molecule has 3 rings (SSSR count). The fraction of sp³-hybridized carbons (Fsp3) is 0.412. The van der Waals surface area contributed by atoms with Crippen LogP contribution in [0.15, 0.2) is 36.5 Å². The van der Waals surface area contributed by atoms with E-state index in [9.17, 15) is 9.90 Å². The van der Waals surface area contributed by atoms with E-state index in [-0.39, 0.29) is 0 Å². The second-order valence-electron chi connectivity index (χ2n) is 5.78. The van der Waals surface area contributed by atoms with Gasteiger partial charge in [-0.05, 0) is 30.7 Å². The second-order valence-corrected chi connectivity index (χ2v) is 5.78. The molecule has 1 aromatic carbocycles. The Morgan fingerprint density at radius 2 is 2.00 bits per heavy atom. The first-order chi connectivity index (χ1) is 10.2. The first-order valence-electron chi connectivity index (χ1n) is 7.48. The van der Waals surface area contributed by atoms with Crippen LogP contribution in [0.2, 0.25) is 0 Å². The average molecular weight is 284 g/mol. The predicted molar refractivity (Wildman–Crippen MR) is 83.5 cm³/mol. The van der Waals surface area contributed by atoms with Crippen molar-refractivity contribution >= 4 is 22.6 Å². The van der Waals surface area contributed by atoms with Crippen molar-refractivity contribution in [1.29, 1.82) is 0 Å². The molecule has 110 valence electrons. The molecule has 1 fully saturated rings. The van der Waals surface area contributed by atoms with Gasteiger partial charge in [0, 0.05) is 24.7 Å². The van der Waals surface area contributed by atoms with Crippen molar-refractivity contribution in [2.24, 2.45) is 5.41 Å². The summed E-state index contributed by atoms with van der Waals surface area (Å²) < 4.78 is 0. The standard InChI is InChI=1S/C17H20N2O2/c1-2-17(16(20)21)8-11-19(12-9-17)15-14-6-4-3-5-13(14)7-10-18-15/h3-7,10H,2,8-9,11-12H2,1H3,(H,20,21). The molecule has 1 aliphatic heterocycles. The van der Waals surface area contributed by atoms with Gasteiger partial charge in [-0.15, -0.1) is 0 Å². The number of hydrogen-bond donors (Lipinski definition) is 1. The van der Waals surface area contributed by atoms with Gasteiger partial charge in [0.15, 0.2) is 0 Å². The number of nitrogens with zero attached hydrogens (tertiary/aromatic N) is 2. The molecule has 0 radical (unpaired) electrons. The average Bonchev–Trinajstić information content (AvgIpc) is 2.54. The first kappa shape index (κ1) is 13.9. The number of aliphatic carboxylic acids is 1. The zero-order valence-corrected chi connectivity index (χ0v) is 12.2. The van der Waals surface area contributed by atoms with Crippen LogP contribution in [0.5, 0.6) is 0 Å². The Hall–Kier alpha value is -2.10. The van der Waals surface area contributed by atoms with Crippen LogP contribution in [0.25, 0.3) is 10.8 Å². The first-order valence-corrected chi connectivity index (χ1v) is 7.48. The minimum absolute atomic E-state index is 0.554. The van der Waals surface area contributed by atoms with Gasteiger partial charge >= 0.3 is 5.97 Å². The van der Waals surface area contributed by atoms with E-state index in [1.54, 1.807) is 0 Å². The van der Waals surface area contributed by atoms with Crippen LogP contribution in [0.1, 0.15) is 26.2 Å². The van der Waals surface area contributed by atoms with Gasteiger partial charge in [-0.1, -0.05) is 31.2 Å². The van der Waals surface area contributed by atoms with E-state index in [0.29, 0.717) is 19.3 Å². The number of pyridine rings is 1. The minimum atomic E-state index is -0.657. The number of hydrogen-bond acceptors (Lipinski definition) is 3. The smallest absolute Gasteiger partial charge is 0.309 e. The Labute approximate surface area is 124 Å². The van der Waals surface area contributed by atoms with E-state index >= 15 is 0 Å². The molecule has 0 bridgehead atoms. The third-order valence-corrected chi connectivity index (χ3v) is 4.80. The van der Waals surface area contributed by atoms with Crippen LogP contribution >= 0.6 is 0 Å². The van der Waals surface area contributed by atoms with Gasteiger partial charge in [0.2, 0.25) is 0 Å². The lowest BCUT2D eigenvalue weighted by Gasteiger charge is -2.39. The van der Waals surface area contributed by atoms with E-state index in [4.69, 9.17) is 0 Å². The Morgan fingerprint density at radius 3 is 2.67 bits per heavy atom. The van der Waals surface area contributed by atoms with Crippen molar-refractivity contribution in [1.82, 2.24) is 4.98 Å². The molecule has 2 aromatic rings. The lowest BCUT2D eigenvalue weighted by molar-refractivity contribution is -0.150. The molecule has 0 unspecified atom stereocenters. The SMILES string of the molecule is CCC1(C(=O)O)CCN(c2nccc3ccccc23)CC1. The van der Waals surface area contributed by atoms with Crippen molar-refractivity contribution in [3.8, 4) is 0 Å². The van der Waals surface area contributed by atoms with E-state index in [1.807, 2.05) is 31.3 Å². The molecule has 1 saturated heterocycles. The van der Waals surface area contributed by atoms with Crippen LogP contribution in [0.4, 0.5) is 5.82 Å². The molecular weight excluding hydrogens is 264 g/mol. The third-order valence-electron chi connectivity index (χ3n) is 4.80. The molecule has 4 heteroatoms. The Bertz CT molecular complexity index is 655. The van der Waals surface area contributed by atoms with Crippen LogP contribution in [-0.4, -0.2) is 29.1 Å². The summed E-state index contributed by atoms with van der Waals surface area (Å²) in [5.74, 6) is 0.318. The molecule has 0 saturated carbocycles. The van der Waals surface area contributed by atoms with Crippen LogP contribution < -0.4 is 4.90 Å². The summed E-state index contributed by atoms with van der Waals surface area (Å²) in [5, 5.41) is 11.8. The molecule has 0 amide bonds. The summed E-state index contributed by atoms with van der Waals surface area (Å²) in [4.78, 5) is 18.3. The number of aromatic nitrogens is 1. The lowest BCUT2D eigenvalue weighted by Crippen LogP contribution is -2.44. The topological polar surface area (TPSA) is 53.4 Å². The number of benzene rings is 1. The molecular formula is C17H20N2O2. The highest BCUT2D eigenvalue weighted by atomic mass is 16.4. The number of fused-ring (bicyclic) bond motifs is 1. The number of piperidine rings is 1. The van der Waals surface area contributed by atoms with Gasteiger partial charge in [0.1, 0.15) is 5.82 Å². The summed E-state index contributed by atoms with van der Waals surface area (Å²) in [7, 11) is 0. The number of anilines is 1. The number of carboxylic acid groups (broad SMARTS) is 1. The summed E-state index contributed by atoms with van der Waals surface area (Å²) in [5.41, 5.74) is -0.554. The van der Waals surface area contributed by atoms with Gasteiger partial charge in [-0.25, -0.2) is 4.98 Å². The zero-order chi connectivity index (χ0) is 14.9. The molecule has 1 aliphatic rings. The fourth-order valence-corrected chi connectivity index (χ4v) is 3.22. The van der Waals surface area contributed by atoms with E-state index in [2.05, 4.69) is 22.0 Å². The van der Waals surface area contributed by atoms with Crippen molar-refractivity contribution in [2.75, 3.05) is 18.0 Å². The summed E-state index contributed by atoms with van der Waals surface area (Å²) in [6, 6.07) is 10.2. The maximum Gasteiger partial charge on any atom is 0.309 e. The highest BCUT2D eigenvalue weighted by molar-refractivity contribution is 5.92. The summed E-state index contributed by atoms with van der Waals surface area (Å²) >= 11 is 0. The van der Waals surface area contributed by atoms with Gasteiger partial charge in [-0.3, -0.25) is 4.79 Å². The Morgan fingerprint density at radius 1 is 1.29 bits per heavy atom. The lowest BCUT2D eigenvalue weighted by atomic mass is 9.76. The molecule has 21 heavy (non-hydrogen) atoms. The third kappa shape index (κ3) is 2.35. The maximum atomic E-state index is 11.5. The van der Waals surface area contributed by atoms with E-state index in [1.165, 1.54) is 5.39 Å². The quantitative estimate of drug-likeness (QED) is 0.939. The number of rotatable bonds is 3. The van der Waals surface area contributed by atoms with E-state index < -0.39 is 11.4 Å². The number of carbonyl (C=O) groups is 1. The molecule has 0 atom stereocenters. The molecule has 0 aliphatic carbocycles. The highest BCUT2D eigenvalue weighted by Gasteiger charge is 2.40. The fourth-order valence-electron chi connectivity index (χ4n) is 3.22. The van der Waals surface area contributed by atoms with Gasteiger partial charge in [-0.2, -0.15) is 0 Å². The van der Waals surface area contributed by atoms with Crippen LogP contribution in [0, 0.1) is 5.41 Å². The maximum absolute atomic E-state index is 11.5. The monoisotopic (exact) mass is 284 g/mol. The molecule has 1 aromatic heterocycles. The zero-order valence-electron chi connectivity index (χ0n) is 12.2. The van der Waals surface area contributed by atoms with Gasteiger partial charge < -0.3 is 10.0 Å². The normalized spacial score (nSPS) is 17.9. The second kappa shape index (κ2) is 5.35. The molecule has 1 N–H and O–H groups in total. The van der Waals surface area contributed by atoms with Crippen molar-refractivity contribution < 1.29 is 9.90 Å². The summed E-state index contributed by atoms with van der Waals surface area (Å²) in [6.45, 7) is 3.47. The van der Waals surface area contributed by atoms with Crippen molar-refractivity contribution in [3.05, 3.63) is 36.5 Å². The Balaban J connectivity index is 1.88. The predicted octanol–water partition coefficient (Wildman–Crippen LogP) is 3.32. The minimum Gasteiger partial charge on any atom is -0.481 e. The summed E-state index contributed by atoms with van der Waals surface area (Å²) in [6.07, 6.45) is 3.89. The largest absolute Gasteiger partial charge is 0.481 e. The van der Waals surface area contributed by atoms with Gasteiger partial charge in [0.05, 0.1) is 5.41 Å².